The van der Waals surface area contributed by atoms with Crippen molar-refractivity contribution in [3.05, 3.63) is 95.6 Å². The summed E-state index contributed by atoms with van der Waals surface area (Å²) < 4.78 is 39.1. The lowest BCUT2D eigenvalue weighted by Gasteiger charge is -2.25. The van der Waals surface area contributed by atoms with E-state index in [1.165, 1.54) is 4.41 Å². The lowest BCUT2D eigenvalue weighted by atomic mass is 10.1. The van der Waals surface area contributed by atoms with E-state index < -0.39 is 16.1 Å². The monoisotopic (exact) mass is 436 g/mol. The van der Waals surface area contributed by atoms with Crippen molar-refractivity contribution in [2.24, 2.45) is 0 Å². The van der Waals surface area contributed by atoms with Crippen molar-refractivity contribution in [2.75, 3.05) is 14.2 Å². The van der Waals surface area contributed by atoms with Gasteiger partial charge in [0.25, 0.3) is 10.0 Å². The average Bonchev–Trinajstić information content (AvgIpc) is 3.26. The van der Waals surface area contributed by atoms with Crippen LogP contribution in [0.15, 0.2) is 83.8 Å². The zero-order valence-corrected chi connectivity index (χ0v) is 18.4. The van der Waals surface area contributed by atoms with Gasteiger partial charge in [-0.05, 0) is 48.9 Å². The van der Waals surface area contributed by atoms with Crippen LogP contribution in [0, 0.1) is 6.92 Å². The van der Waals surface area contributed by atoms with Crippen LogP contribution in [0.4, 0.5) is 0 Å². The van der Waals surface area contributed by atoms with Crippen molar-refractivity contribution in [1.82, 2.24) is 9.84 Å². The summed E-state index contributed by atoms with van der Waals surface area (Å²) >= 11 is 0. The van der Waals surface area contributed by atoms with Gasteiger partial charge < -0.3 is 14.9 Å². The summed E-state index contributed by atoms with van der Waals surface area (Å²) in [4.78, 5) is 0.230. The summed E-state index contributed by atoms with van der Waals surface area (Å²) in [6.07, 6.45) is 1.91. The molecule has 0 amide bonds. The molecule has 31 heavy (non-hydrogen) atoms. The maximum atomic E-state index is 13.5. The molecule has 160 valence electrons. The van der Waals surface area contributed by atoms with E-state index in [0.717, 1.165) is 16.7 Å². The minimum atomic E-state index is -3.81. The van der Waals surface area contributed by atoms with Gasteiger partial charge in [0.1, 0.15) is 0 Å². The van der Waals surface area contributed by atoms with Crippen LogP contribution < -0.4 is 14.9 Å². The second-order valence-electron chi connectivity index (χ2n) is 7.23. The van der Waals surface area contributed by atoms with Crippen molar-refractivity contribution in [2.45, 2.75) is 17.9 Å². The first-order valence-corrected chi connectivity index (χ1v) is 11.2. The Kier molecular flexibility index (Phi) is 5.71. The number of sulfonamides is 1. The Labute approximate surface area is 182 Å². The molecule has 3 aromatic carbocycles. The molecule has 0 spiro atoms. The predicted octanol–water partition coefficient (Wildman–Crippen LogP) is 4.30. The second-order valence-corrected chi connectivity index (χ2v) is 9.05. The number of hydrogen-bond donors (Lipinski definition) is 1. The Bertz CT molecular complexity index is 1210. The van der Waals surface area contributed by atoms with E-state index in [-0.39, 0.29) is 4.90 Å². The van der Waals surface area contributed by atoms with Gasteiger partial charge in [0.05, 0.1) is 30.9 Å². The van der Waals surface area contributed by atoms with E-state index >= 15 is 0 Å². The molecule has 1 aliphatic heterocycles. The van der Waals surface area contributed by atoms with E-state index in [2.05, 4.69) is 5.43 Å². The topological polar surface area (TPSA) is 67.9 Å². The van der Waals surface area contributed by atoms with Crippen LogP contribution in [0.5, 0.6) is 11.5 Å². The predicted molar refractivity (Wildman–Crippen MR) is 120 cm³/mol. The Morgan fingerprint density at radius 1 is 0.871 bits per heavy atom. The standard InChI is InChI=1S/C24H24N2O4S/c1-17-9-12-20(13-10-17)31(27,28)26-22(18-7-5-4-6-8-18)16-21(25-26)19-11-14-23(29-2)24(15-19)30-3/h4-16,22,25H,1-3H3/t22-/m0/s1. The fraction of sp³-hybridized carbons (Fsp3) is 0.167. The molecule has 0 fully saturated rings. The lowest BCUT2D eigenvalue weighted by Crippen LogP contribution is -2.39. The highest BCUT2D eigenvalue weighted by Gasteiger charge is 2.37. The summed E-state index contributed by atoms with van der Waals surface area (Å²) in [6.45, 7) is 1.92. The second kappa shape index (κ2) is 8.45. The molecule has 1 atom stereocenters. The van der Waals surface area contributed by atoms with Crippen molar-refractivity contribution >= 4 is 15.7 Å². The number of hydrazine groups is 1. The van der Waals surface area contributed by atoms with E-state index in [9.17, 15) is 8.42 Å². The van der Waals surface area contributed by atoms with Gasteiger partial charge in [0, 0.05) is 5.56 Å². The molecule has 1 N–H and O–H groups in total. The Hall–Kier alpha value is -3.29. The maximum Gasteiger partial charge on any atom is 0.260 e. The summed E-state index contributed by atoms with van der Waals surface area (Å²) in [5.74, 6) is 1.17. The molecule has 0 aromatic heterocycles. The van der Waals surface area contributed by atoms with Gasteiger partial charge in [-0.25, -0.2) is 8.42 Å². The molecule has 3 aromatic rings. The van der Waals surface area contributed by atoms with Gasteiger partial charge in [-0.15, -0.1) is 4.41 Å². The first-order chi connectivity index (χ1) is 14.9. The fourth-order valence-electron chi connectivity index (χ4n) is 3.53. The first-order valence-electron chi connectivity index (χ1n) is 9.81. The molecule has 1 heterocycles. The Morgan fingerprint density at radius 2 is 1.55 bits per heavy atom. The van der Waals surface area contributed by atoms with Gasteiger partial charge >= 0.3 is 0 Å². The van der Waals surface area contributed by atoms with Crippen LogP contribution in [0.25, 0.3) is 5.70 Å². The third-order valence-corrected chi connectivity index (χ3v) is 6.93. The number of rotatable bonds is 6. The SMILES string of the molecule is COc1ccc(C2=C[C@@H](c3ccccc3)N(S(=O)(=O)c3ccc(C)cc3)N2)cc1OC. The zero-order valence-electron chi connectivity index (χ0n) is 17.6. The third-order valence-electron chi connectivity index (χ3n) is 5.22. The third kappa shape index (κ3) is 4.02. The van der Waals surface area contributed by atoms with Gasteiger partial charge in [-0.1, -0.05) is 48.0 Å². The number of aryl methyl sites for hydroxylation is 1. The molecule has 4 rings (SSSR count). The smallest absolute Gasteiger partial charge is 0.260 e. The number of hydrogen-bond acceptors (Lipinski definition) is 5. The van der Waals surface area contributed by atoms with Crippen LogP contribution in [-0.2, 0) is 10.0 Å². The van der Waals surface area contributed by atoms with Crippen LogP contribution in [0.2, 0.25) is 0 Å². The minimum absolute atomic E-state index is 0.230. The average molecular weight is 437 g/mol. The van der Waals surface area contributed by atoms with E-state index in [0.29, 0.717) is 17.2 Å². The van der Waals surface area contributed by atoms with Gasteiger partial charge in [0.2, 0.25) is 0 Å². The highest BCUT2D eigenvalue weighted by atomic mass is 32.2. The minimum Gasteiger partial charge on any atom is -0.493 e. The van der Waals surface area contributed by atoms with Crippen molar-refractivity contribution < 1.29 is 17.9 Å². The van der Waals surface area contributed by atoms with Crippen molar-refractivity contribution in [3.8, 4) is 11.5 Å². The molecule has 7 heteroatoms. The molecule has 0 aliphatic carbocycles. The Morgan fingerprint density at radius 3 is 2.19 bits per heavy atom. The molecule has 0 radical (unpaired) electrons. The van der Waals surface area contributed by atoms with E-state index in [1.54, 1.807) is 44.6 Å². The number of nitrogens with zero attached hydrogens (tertiary/aromatic N) is 1. The molecule has 0 saturated carbocycles. The highest BCUT2D eigenvalue weighted by Crippen LogP contribution is 2.37. The zero-order chi connectivity index (χ0) is 22.0. The summed E-state index contributed by atoms with van der Waals surface area (Å²) in [6, 6.07) is 21.4. The largest absolute Gasteiger partial charge is 0.493 e. The fourth-order valence-corrected chi connectivity index (χ4v) is 4.94. The van der Waals surface area contributed by atoms with Crippen molar-refractivity contribution in [3.63, 3.8) is 0 Å². The molecular weight excluding hydrogens is 412 g/mol. The highest BCUT2D eigenvalue weighted by molar-refractivity contribution is 7.89. The number of nitrogens with one attached hydrogen (secondary N) is 1. The van der Waals surface area contributed by atoms with Crippen molar-refractivity contribution in [1.29, 1.82) is 0 Å². The maximum absolute atomic E-state index is 13.5. The van der Waals surface area contributed by atoms with Gasteiger partial charge in [-0.3, -0.25) is 0 Å². The van der Waals surface area contributed by atoms with Crippen LogP contribution in [0.1, 0.15) is 22.7 Å². The number of methoxy groups -OCH3 is 2. The Balaban J connectivity index is 1.77. The van der Waals surface area contributed by atoms with Crippen LogP contribution in [0.3, 0.4) is 0 Å². The first kappa shape index (κ1) is 21.0. The molecule has 0 unspecified atom stereocenters. The van der Waals surface area contributed by atoms with E-state index in [1.807, 2.05) is 55.5 Å². The summed E-state index contributed by atoms with van der Waals surface area (Å²) in [5.41, 5.74) is 6.43. The summed E-state index contributed by atoms with van der Waals surface area (Å²) in [5, 5.41) is 0. The summed E-state index contributed by atoms with van der Waals surface area (Å²) in [7, 11) is -0.664. The quantitative estimate of drug-likeness (QED) is 0.624. The molecule has 0 saturated heterocycles. The van der Waals surface area contributed by atoms with Gasteiger partial charge in [0.15, 0.2) is 11.5 Å². The van der Waals surface area contributed by atoms with Gasteiger partial charge in [-0.2, -0.15) is 0 Å². The number of ether oxygens (including phenoxy) is 2. The van der Waals surface area contributed by atoms with Crippen LogP contribution >= 0.6 is 0 Å². The lowest BCUT2D eigenvalue weighted by molar-refractivity contribution is 0.347. The molecular formula is C24H24N2O4S. The molecule has 0 bridgehead atoms. The van der Waals surface area contributed by atoms with E-state index in [4.69, 9.17) is 9.47 Å². The van der Waals surface area contributed by atoms with Crippen LogP contribution in [-0.4, -0.2) is 27.1 Å². The molecule has 6 nitrogen and oxygen atoms in total. The number of benzene rings is 3. The molecule has 1 aliphatic rings. The normalized spacial score (nSPS) is 16.5.